The molecule has 0 fully saturated rings. The topological polar surface area (TPSA) is 12.0 Å². The molecule has 1 rings (SSSR count). The zero-order valence-corrected chi connectivity index (χ0v) is 8.30. The lowest BCUT2D eigenvalue weighted by molar-refractivity contribution is 0.886. The van der Waals surface area contributed by atoms with Crippen molar-refractivity contribution in [1.82, 2.24) is 0 Å². The van der Waals surface area contributed by atoms with Gasteiger partial charge in [0.15, 0.2) is 0 Å². The molecular weight excluding hydrogens is 146 g/mol. The molecule has 1 N–H and O–H groups in total. The number of anilines is 1. The van der Waals surface area contributed by atoms with E-state index in [1.165, 1.54) is 12.8 Å². The summed E-state index contributed by atoms with van der Waals surface area (Å²) in [4.78, 5) is 0. The molecule has 0 unspecified atom stereocenters. The molecule has 68 valence electrons. The lowest BCUT2D eigenvalue weighted by Gasteiger charge is -1.94. The number of unbranched alkanes of at least 4 members (excludes halogenated alkanes) is 1. The molecule has 0 bridgehead atoms. The minimum Gasteiger partial charge on any atom is -0.388 e. The molecule has 0 radical (unpaired) electrons. The van der Waals surface area contributed by atoms with Gasteiger partial charge in [0.1, 0.15) is 0 Å². The number of para-hydroxylation sites is 1. The van der Waals surface area contributed by atoms with Crippen LogP contribution in [0.3, 0.4) is 0 Å². The summed E-state index contributed by atoms with van der Waals surface area (Å²) in [5, 5.41) is 3.03. The van der Waals surface area contributed by atoms with Crippen LogP contribution in [0.4, 0.5) is 5.69 Å². The highest BCUT2D eigenvalue weighted by Crippen LogP contribution is 2.01. The SMILES string of the molecule is CCCC.CNc1ccccc1. The van der Waals surface area contributed by atoms with E-state index in [0.717, 1.165) is 5.69 Å². The van der Waals surface area contributed by atoms with Gasteiger partial charge in [-0.2, -0.15) is 0 Å². The Morgan fingerprint density at radius 1 is 1.00 bits per heavy atom. The second-order valence-electron chi connectivity index (χ2n) is 2.62. The third kappa shape index (κ3) is 5.78. The fourth-order valence-electron chi connectivity index (χ4n) is 0.605. The van der Waals surface area contributed by atoms with E-state index < -0.39 is 0 Å². The Balaban J connectivity index is 0.000000261. The summed E-state index contributed by atoms with van der Waals surface area (Å²) in [6.07, 6.45) is 2.64. The molecule has 0 heterocycles. The van der Waals surface area contributed by atoms with Crippen molar-refractivity contribution in [3.05, 3.63) is 30.3 Å². The number of hydrogen-bond acceptors (Lipinski definition) is 1. The first-order valence-corrected chi connectivity index (χ1v) is 4.57. The Hall–Kier alpha value is -0.980. The fraction of sp³-hybridized carbons (Fsp3) is 0.455. The summed E-state index contributed by atoms with van der Waals surface area (Å²) < 4.78 is 0. The Bertz CT molecular complexity index is 168. The molecule has 1 nitrogen and oxygen atoms in total. The lowest BCUT2D eigenvalue weighted by Crippen LogP contribution is -1.84. The van der Waals surface area contributed by atoms with Gasteiger partial charge in [0.2, 0.25) is 0 Å². The van der Waals surface area contributed by atoms with Crippen molar-refractivity contribution in [3.8, 4) is 0 Å². The average molecular weight is 165 g/mol. The van der Waals surface area contributed by atoms with Crippen LogP contribution >= 0.6 is 0 Å². The van der Waals surface area contributed by atoms with Crippen molar-refractivity contribution in [2.75, 3.05) is 12.4 Å². The van der Waals surface area contributed by atoms with Gasteiger partial charge in [0, 0.05) is 12.7 Å². The van der Waals surface area contributed by atoms with Crippen molar-refractivity contribution in [2.45, 2.75) is 26.7 Å². The maximum atomic E-state index is 3.03. The van der Waals surface area contributed by atoms with Gasteiger partial charge in [-0.15, -0.1) is 0 Å². The van der Waals surface area contributed by atoms with E-state index in [9.17, 15) is 0 Å². The zero-order chi connectivity index (χ0) is 9.23. The molecule has 0 aliphatic rings. The van der Waals surface area contributed by atoms with Gasteiger partial charge >= 0.3 is 0 Å². The van der Waals surface area contributed by atoms with Gasteiger partial charge < -0.3 is 5.32 Å². The third-order valence-electron chi connectivity index (χ3n) is 1.56. The predicted octanol–water partition coefficient (Wildman–Crippen LogP) is 3.53. The Morgan fingerprint density at radius 2 is 1.50 bits per heavy atom. The molecule has 1 heteroatoms. The predicted molar refractivity (Wildman–Crippen MR) is 56.6 cm³/mol. The lowest BCUT2D eigenvalue weighted by atomic mass is 10.3. The van der Waals surface area contributed by atoms with Crippen LogP contribution < -0.4 is 5.32 Å². The van der Waals surface area contributed by atoms with Crippen molar-refractivity contribution in [2.24, 2.45) is 0 Å². The van der Waals surface area contributed by atoms with Crippen LogP contribution in [-0.4, -0.2) is 7.05 Å². The number of benzene rings is 1. The minimum atomic E-state index is 1.16. The van der Waals surface area contributed by atoms with Crippen molar-refractivity contribution >= 4 is 5.69 Å². The van der Waals surface area contributed by atoms with Gasteiger partial charge in [-0.25, -0.2) is 0 Å². The molecule has 1 aromatic carbocycles. The molecule has 0 aromatic heterocycles. The van der Waals surface area contributed by atoms with Crippen molar-refractivity contribution in [3.63, 3.8) is 0 Å². The molecule has 0 saturated carbocycles. The molecule has 0 spiro atoms. The van der Waals surface area contributed by atoms with Gasteiger partial charge in [0.05, 0.1) is 0 Å². The van der Waals surface area contributed by atoms with E-state index in [-0.39, 0.29) is 0 Å². The highest BCUT2D eigenvalue weighted by Gasteiger charge is 1.77. The van der Waals surface area contributed by atoms with Gasteiger partial charge in [-0.1, -0.05) is 44.9 Å². The van der Waals surface area contributed by atoms with E-state index in [2.05, 4.69) is 19.2 Å². The second kappa shape index (κ2) is 8.12. The van der Waals surface area contributed by atoms with E-state index in [1.54, 1.807) is 0 Å². The maximum Gasteiger partial charge on any atom is 0.0337 e. The first-order valence-electron chi connectivity index (χ1n) is 4.57. The van der Waals surface area contributed by atoms with Crippen LogP contribution in [0, 0.1) is 0 Å². The summed E-state index contributed by atoms with van der Waals surface area (Å²) in [6.45, 7) is 4.36. The number of rotatable bonds is 2. The first-order chi connectivity index (χ1) is 5.85. The molecule has 0 aliphatic carbocycles. The molecule has 0 amide bonds. The fourth-order valence-corrected chi connectivity index (χ4v) is 0.605. The van der Waals surface area contributed by atoms with E-state index in [4.69, 9.17) is 0 Å². The zero-order valence-electron chi connectivity index (χ0n) is 8.30. The molecule has 1 aromatic rings. The van der Waals surface area contributed by atoms with Crippen LogP contribution in [0.1, 0.15) is 26.7 Å². The Morgan fingerprint density at radius 3 is 1.75 bits per heavy atom. The van der Waals surface area contributed by atoms with Crippen molar-refractivity contribution in [1.29, 1.82) is 0 Å². The maximum absolute atomic E-state index is 3.03. The minimum absolute atomic E-state index is 1.16. The smallest absolute Gasteiger partial charge is 0.0337 e. The monoisotopic (exact) mass is 165 g/mol. The first kappa shape index (κ1) is 11.0. The Labute approximate surface area is 75.8 Å². The van der Waals surface area contributed by atoms with Gasteiger partial charge in [-0.05, 0) is 12.1 Å². The normalized spacial score (nSPS) is 8.25. The second-order valence-corrected chi connectivity index (χ2v) is 2.62. The molecule has 12 heavy (non-hydrogen) atoms. The van der Waals surface area contributed by atoms with Crippen LogP contribution in [0.25, 0.3) is 0 Å². The third-order valence-corrected chi connectivity index (χ3v) is 1.56. The quantitative estimate of drug-likeness (QED) is 0.706. The molecular formula is C11H19N. The van der Waals surface area contributed by atoms with Crippen LogP contribution in [-0.2, 0) is 0 Å². The summed E-state index contributed by atoms with van der Waals surface area (Å²) in [5.74, 6) is 0. The summed E-state index contributed by atoms with van der Waals surface area (Å²) in [6, 6.07) is 10.1. The van der Waals surface area contributed by atoms with Crippen LogP contribution in [0.5, 0.6) is 0 Å². The number of nitrogens with one attached hydrogen (secondary N) is 1. The summed E-state index contributed by atoms with van der Waals surface area (Å²) in [5.41, 5.74) is 1.16. The van der Waals surface area contributed by atoms with Crippen LogP contribution in [0.15, 0.2) is 30.3 Å². The molecule has 0 atom stereocenters. The van der Waals surface area contributed by atoms with Gasteiger partial charge in [0.25, 0.3) is 0 Å². The average Bonchev–Trinajstić information content (AvgIpc) is 2.19. The van der Waals surface area contributed by atoms with Gasteiger partial charge in [-0.3, -0.25) is 0 Å². The summed E-state index contributed by atoms with van der Waals surface area (Å²) in [7, 11) is 1.91. The van der Waals surface area contributed by atoms with Crippen LogP contribution in [0.2, 0.25) is 0 Å². The standard InChI is InChI=1S/C7H9N.C4H10/c1-8-7-5-3-2-4-6-7;1-3-4-2/h2-6,8H,1H3;3-4H2,1-2H3. The number of hydrogen-bond donors (Lipinski definition) is 1. The van der Waals surface area contributed by atoms with Crippen molar-refractivity contribution < 1.29 is 0 Å². The Kier molecular flexibility index (Phi) is 7.46. The van der Waals surface area contributed by atoms with E-state index >= 15 is 0 Å². The van der Waals surface area contributed by atoms with E-state index in [1.807, 2.05) is 37.4 Å². The highest BCUT2D eigenvalue weighted by molar-refractivity contribution is 5.41. The highest BCUT2D eigenvalue weighted by atomic mass is 14.8. The summed E-state index contributed by atoms with van der Waals surface area (Å²) >= 11 is 0. The largest absolute Gasteiger partial charge is 0.388 e. The molecule has 0 aliphatic heterocycles. The molecule has 0 saturated heterocycles. The van der Waals surface area contributed by atoms with E-state index in [0.29, 0.717) is 0 Å².